The van der Waals surface area contributed by atoms with E-state index in [9.17, 15) is 20.0 Å². The van der Waals surface area contributed by atoms with Gasteiger partial charge >= 0.3 is 5.69 Å². The Morgan fingerprint density at radius 3 is 2.71 bits per heavy atom. The average molecular weight is 394 g/mol. The number of phenolic OH excluding ortho intramolecular Hbond substituents is 1. The normalized spacial score (nSPS) is 10.5. The lowest BCUT2D eigenvalue weighted by molar-refractivity contribution is -0.385. The number of rotatable bonds is 6. The Morgan fingerprint density at radius 2 is 2.04 bits per heavy atom. The van der Waals surface area contributed by atoms with Gasteiger partial charge in [-0.05, 0) is 36.4 Å². The van der Waals surface area contributed by atoms with Crippen molar-refractivity contribution >= 4 is 33.7 Å². The van der Waals surface area contributed by atoms with Crippen LogP contribution in [-0.2, 0) is 4.79 Å². The number of phenols is 1. The van der Waals surface area contributed by atoms with E-state index < -0.39 is 22.3 Å². The average Bonchev–Trinajstić information content (AvgIpc) is 2.55. The third kappa shape index (κ3) is 5.06. The minimum atomic E-state index is -0.711. The van der Waals surface area contributed by atoms with Gasteiger partial charge in [0.2, 0.25) is 0 Å². The quantitative estimate of drug-likeness (QED) is 0.444. The lowest BCUT2D eigenvalue weighted by Crippen LogP contribution is -2.24. The fourth-order valence-electron chi connectivity index (χ4n) is 1.66. The van der Waals surface area contributed by atoms with Gasteiger partial charge < -0.3 is 9.84 Å². The molecule has 8 nitrogen and oxygen atoms in total. The predicted molar refractivity (Wildman–Crippen MR) is 90.1 cm³/mol. The number of amides is 1. The molecule has 0 atom stereocenters. The number of hydrazone groups is 1. The summed E-state index contributed by atoms with van der Waals surface area (Å²) in [6, 6.07) is 10.7. The van der Waals surface area contributed by atoms with Crippen molar-refractivity contribution in [2.75, 3.05) is 6.61 Å². The summed E-state index contributed by atoms with van der Waals surface area (Å²) in [6.07, 6.45) is 1.23. The molecule has 2 aromatic rings. The molecule has 2 rings (SSSR count). The minimum absolute atomic E-state index is 0.227. The number of ether oxygens (including phenoxy) is 1. The molecule has 0 aliphatic heterocycles. The van der Waals surface area contributed by atoms with E-state index in [0.29, 0.717) is 11.3 Å². The summed E-state index contributed by atoms with van der Waals surface area (Å²) in [7, 11) is 0. The van der Waals surface area contributed by atoms with Gasteiger partial charge in [0.1, 0.15) is 5.75 Å². The summed E-state index contributed by atoms with van der Waals surface area (Å²) in [5.74, 6) is -0.391. The van der Waals surface area contributed by atoms with E-state index in [0.717, 1.165) is 10.5 Å². The second kappa shape index (κ2) is 8.06. The molecule has 0 saturated heterocycles. The molecule has 0 aliphatic carbocycles. The Labute approximate surface area is 145 Å². The number of hydrogen-bond acceptors (Lipinski definition) is 6. The molecule has 9 heteroatoms. The van der Waals surface area contributed by atoms with E-state index in [1.54, 1.807) is 24.3 Å². The fraction of sp³-hybridized carbons (Fsp3) is 0.0667. The Hall–Kier alpha value is -2.94. The van der Waals surface area contributed by atoms with Crippen molar-refractivity contribution in [3.8, 4) is 11.5 Å². The Morgan fingerprint density at radius 1 is 1.33 bits per heavy atom. The van der Waals surface area contributed by atoms with E-state index in [4.69, 9.17) is 4.74 Å². The van der Waals surface area contributed by atoms with Crippen LogP contribution in [0.5, 0.6) is 11.5 Å². The van der Waals surface area contributed by atoms with Gasteiger partial charge in [0.15, 0.2) is 12.4 Å². The molecule has 1 amide bonds. The van der Waals surface area contributed by atoms with Crippen molar-refractivity contribution in [1.82, 2.24) is 5.43 Å². The topological polar surface area (TPSA) is 114 Å². The maximum atomic E-state index is 11.6. The van der Waals surface area contributed by atoms with Gasteiger partial charge in [-0.1, -0.05) is 15.9 Å². The van der Waals surface area contributed by atoms with E-state index in [1.807, 2.05) is 0 Å². The number of halogens is 1. The number of aromatic hydroxyl groups is 1. The van der Waals surface area contributed by atoms with Crippen molar-refractivity contribution in [2.24, 2.45) is 5.10 Å². The molecular weight excluding hydrogens is 382 g/mol. The van der Waals surface area contributed by atoms with Gasteiger partial charge in [-0.25, -0.2) is 5.43 Å². The molecule has 2 N–H and O–H groups in total. The molecule has 0 radical (unpaired) electrons. The van der Waals surface area contributed by atoms with Crippen LogP contribution >= 0.6 is 15.9 Å². The number of nitro groups is 1. The van der Waals surface area contributed by atoms with Gasteiger partial charge in [0.25, 0.3) is 5.91 Å². The largest absolute Gasteiger partial charge is 0.502 e. The number of nitrogens with zero attached hydrogens (tertiary/aromatic N) is 2. The second-order valence-electron chi connectivity index (χ2n) is 4.54. The zero-order valence-corrected chi connectivity index (χ0v) is 13.8. The van der Waals surface area contributed by atoms with Crippen LogP contribution in [0.15, 0.2) is 52.0 Å². The summed E-state index contributed by atoms with van der Waals surface area (Å²) >= 11 is 3.29. The molecule has 0 spiro atoms. The van der Waals surface area contributed by atoms with Crippen LogP contribution in [0.4, 0.5) is 5.69 Å². The Balaban J connectivity index is 1.87. The minimum Gasteiger partial charge on any atom is -0.502 e. The molecule has 0 fully saturated rings. The summed E-state index contributed by atoms with van der Waals surface area (Å²) in [5, 5.41) is 23.7. The first kappa shape index (κ1) is 17.4. The molecule has 0 unspecified atom stereocenters. The van der Waals surface area contributed by atoms with Crippen molar-refractivity contribution in [1.29, 1.82) is 0 Å². The van der Waals surface area contributed by atoms with Gasteiger partial charge in [-0.15, -0.1) is 0 Å². The number of nitro benzene ring substituents is 1. The second-order valence-corrected chi connectivity index (χ2v) is 5.46. The van der Waals surface area contributed by atoms with Gasteiger partial charge in [0.05, 0.1) is 11.1 Å². The molecule has 0 saturated carbocycles. The van der Waals surface area contributed by atoms with E-state index in [2.05, 4.69) is 26.5 Å². The van der Waals surface area contributed by atoms with Crippen molar-refractivity contribution < 1.29 is 19.6 Å². The molecule has 24 heavy (non-hydrogen) atoms. The first-order valence-corrected chi connectivity index (χ1v) is 7.42. The van der Waals surface area contributed by atoms with Crippen LogP contribution in [0.25, 0.3) is 0 Å². The summed E-state index contributed by atoms with van der Waals surface area (Å²) in [5.41, 5.74) is 2.15. The van der Waals surface area contributed by atoms with Crippen LogP contribution in [-0.4, -0.2) is 28.8 Å². The summed E-state index contributed by atoms with van der Waals surface area (Å²) < 4.78 is 6.16. The lowest BCUT2D eigenvalue weighted by atomic mass is 10.2. The smallest absolute Gasteiger partial charge is 0.311 e. The number of carbonyl (C=O) groups excluding carboxylic acids is 1. The SMILES string of the molecule is O=C(COc1ccc(Br)cc1)N/N=C/c1ccc(O)c([N+](=O)[O-])c1. The number of benzene rings is 2. The first-order valence-electron chi connectivity index (χ1n) is 6.63. The molecule has 0 bridgehead atoms. The van der Waals surface area contributed by atoms with Crippen molar-refractivity contribution in [3.63, 3.8) is 0 Å². The van der Waals surface area contributed by atoms with Crippen LogP contribution in [0.2, 0.25) is 0 Å². The van der Waals surface area contributed by atoms with Crippen molar-refractivity contribution in [2.45, 2.75) is 0 Å². The number of carbonyl (C=O) groups is 1. The molecule has 124 valence electrons. The van der Waals surface area contributed by atoms with E-state index in [1.165, 1.54) is 18.3 Å². The maximum absolute atomic E-state index is 11.6. The Kier molecular flexibility index (Phi) is 5.85. The monoisotopic (exact) mass is 393 g/mol. The molecular formula is C15H12BrN3O5. The van der Waals surface area contributed by atoms with Crippen LogP contribution < -0.4 is 10.2 Å². The highest BCUT2D eigenvalue weighted by Gasteiger charge is 2.12. The van der Waals surface area contributed by atoms with Crippen LogP contribution in [0, 0.1) is 10.1 Å². The maximum Gasteiger partial charge on any atom is 0.311 e. The third-order valence-electron chi connectivity index (χ3n) is 2.78. The number of hydrogen-bond donors (Lipinski definition) is 2. The number of nitrogens with one attached hydrogen (secondary N) is 1. The zero-order chi connectivity index (χ0) is 17.5. The molecule has 0 heterocycles. The summed E-state index contributed by atoms with van der Waals surface area (Å²) in [4.78, 5) is 21.6. The summed E-state index contributed by atoms with van der Waals surface area (Å²) in [6.45, 7) is -0.227. The van der Waals surface area contributed by atoms with Crippen LogP contribution in [0.1, 0.15) is 5.56 Å². The van der Waals surface area contributed by atoms with E-state index >= 15 is 0 Å². The lowest BCUT2D eigenvalue weighted by Gasteiger charge is -2.04. The fourth-order valence-corrected chi connectivity index (χ4v) is 1.92. The van der Waals surface area contributed by atoms with E-state index in [-0.39, 0.29) is 6.61 Å². The molecule has 0 aliphatic rings. The molecule has 0 aromatic heterocycles. The third-order valence-corrected chi connectivity index (χ3v) is 3.31. The zero-order valence-electron chi connectivity index (χ0n) is 12.2. The van der Waals surface area contributed by atoms with Gasteiger partial charge in [-0.2, -0.15) is 5.10 Å². The molecule has 2 aromatic carbocycles. The van der Waals surface area contributed by atoms with Gasteiger partial charge in [0, 0.05) is 16.1 Å². The van der Waals surface area contributed by atoms with Crippen LogP contribution in [0.3, 0.4) is 0 Å². The highest BCUT2D eigenvalue weighted by Crippen LogP contribution is 2.25. The highest BCUT2D eigenvalue weighted by molar-refractivity contribution is 9.10. The highest BCUT2D eigenvalue weighted by atomic mass is 79.9. The first-order chi connectivity index (χ1) is 11.5. The standard InChI is InChI=1S/C15H12BrN3O5/c16-11-2-4-12(5-3-11)24-9-15(21)18-17-8-10-1-6-14(20)13(7-10)19(22)23/h1-8,20H,9H2,(H,18,21)/b17-8+. The van der Waals surface area contributed by atoms with Crippen molar-refractivity contribution in [3.05, 3.63) is 62.6 Å². The Bertz CT molecular complexity index is 777. The predicted octanol–water partition coefficient (Wildman–Crippen LogP) is 2.59. The van der Waals surface area contributed by atoms with Gasteiger partial charge in [-0.3, -0.25) is 14.9 Å².